The topological polar surface area (TPSA) is 117 Å². The summed E-state index contributed by atoms with van der Waals surface area (Å²) in [5, 5.41) is 3.04. The molecule has 1 aromatic carbocycles. The van der Waals surface area contributed by atoms with Gasteiger partial charge in [-0.3, -0.25) is 4.79 Å². The quantitative estimate of drug-likeness (QED) is 0.717. The van der Waals surface area contributed by atoms with Crippen LogP contribution in [0, 0.1) is 0 Å². The summed E-state index contributed by atoms with van der Waals surface area (Å²) in [5.74, 6) is -1.92. The molecule has 1 aliphatic heterocycles. The maximum Gasteiger partial charge on any atom is 0.336 e. The van der Waals surface area contributed by atoms with Gasteiger partial charge in [-0.1, -0.05) is 12.1 Å². The van der Waals surface area contributed by atoms with Crippen molar-refractivity contribution in [1.82, 2.24) is 5.32 Å². The van der Waals surface area contributed by atoms with Crippen LogP contribution in [0.2, 0.25) is 0 Å². The lowest BCUT2D eigenvalue weighted by atomic mass is 9.80. The molecule has 0 saturated carbocycles. The first-order chi connectivity index (χ1) is 12.8. The van der Waals surface area contributed by atoms with Crippen molar-refractivity contribution in [3.63, 3.8) is 0 Å². The predicted molar refractivity (Wildman–Crippen MR) is 96.4 cm³/mol. The molecule has 0 unspecified atom stereocenters. The summed E-state index contributed by atoms with van der Waals surface area (Å²) in [5.41, 5.74) is 7.54. The fraction of sp³-hybridized carbons (Fsp3) is 0.316. The van der Waals surface area contributed by atoms with Gasteiger partial charge in [0.15, 0.2) is 6.61 Å². The number of benzene rings is 1. The van der Waals surface area contributed by atoms with Crippen LogP contribution in [-0.4, -0.2) is 38.7 Å². The highest BCUT2D eigenvalue weighted by atomic mass is 16.5. The van der Waals surface area contributed by atoms with Crippen LogP contribution in [0.15, 0.2) is 46.8 Å². The smallest absolute Gasteiger partial charge is 0.336 e. The van der Waals surface area contributed by atoms with Crippen LogP contribution in [-0.2, 0) is 23.9 Å². The first-order valence-corrected chi connectivity index (χ1v) is 8.16. The summed E-state index contributed by atoms with van der Waals surface area (Å²) in [6.07, 6.45) is 0. The number of methoxy groups -OCH3 is 2. The molecule has 8 nitrogen and oxygen atoms in total. The average Bonchev–Trinajstić information content (AvgIpc) is 2.65. The molecular formula is C19H22N2O6. The van der Waals surface area contributed by atoms with Crippen molar-refractivity contribution in [2.24, 2.45) is 5.73 Å². The first-order valence-electron chi connectivity index (χ1n) is 8.16. The Hall–Kier alpha value is -3.29. The number of primary amides is 1. The Labute approximate surface area is 157 Å². The predicted octanol–water partition coefficient (Wildman–Crippen LogP) is 1.13. The van der Waals surface area contributed by atoms with Gasteiger partial charge in [0, 0.05) is 11.4 Å². The van der Waals surface area contributed by atoms with Crippen LogP contribution in [0.1, 0.15) is 25.3 Å². The number of carbonyl (C=O) groups is 3. The molecule has 1 heterocycles. The molecular weight excluding hydrogens is 352 g/mol. The van der Waals surface area contributed by atoms with E-state index in [-0.39, 0.29) is 6.61 Å². The van der Waals surface area contributed by atoms with Gasteiger partial charge in [-0.05, 0) is 31.5 Å². The van der Waals surface area contributed by atoms with E-state index < -0.39 is 23.8 Å². The molecule has 0 radical (unpaired) electrons. The maximum absolute atomic E-state index is 12.4. The van der Waals surface area contributed by atoms with Crippen molar-refractivity contribution in [3.05, 3.63) is 52.4 Å². The number of amides is 1. The lowest BCUT2D eigenvalue weighted by Crippen LogP contribution is -2.32. The molecule has 0 fully saturated rings. The highest BCUT2D eigenvalue weighted by Gasteiger charge is 2.37. The molecule has 1 aliphatic rings. The number of rotatable bonds is 6. The Balaban J connectivity index is 2.51. The highest BCUT2D eigenvalue weighted by molar-refractivity contribution is 5.99. The van der Waals surface area contributed by atoms with E-state index in [0.29, 0.717) is 33.9 Å². The van der Waals surface area contributed by atoms with E-state index in [9.17, 15) is 14.4 Å². The van der Waals surface area contributed by atoms with Crippen LogP contribution >= 0.6 is 0 Å². The summed E-state index contributed by atoms with van der Waals surface area (Å²) in [6.45, 7) is 3.23. The standard InChI is InChI=1S/C19H22N2O6/c1-10-15(18(23)25-3)17(16(11(2)21-10)19(24)26-4)12-5-7-13(8-6-12)27-9-14(20)22/h5-8,17,21H,9H2,1-4H3,(H2,20,22). The Morgan fingerprint density at radius 1 is 0.963 bits per heavy atom. The molecule has 0 bridgehead atoms. The monoisotopic (exact) mass is 374 g/mol. The Morgan fingerprint density at radius 3 is 1.85 bits per heavy atom. The van der Waals surface area contributed by atoms with Crippen LogP contribution < -0.4 is 15.8 Å². The normalized spacial score (nSPS) is 14.5. The second kappa shape index (κ2) is 8.39. The van der Waals surface area contributed by atoms with E-state index in [0.717, 1.165) is 0 Å². The number of ether oxygens (including phenoxy) is 3. The summed E-state index contributed by atoms with van der Waals surface area (Å²) in [6, 6.07) is 6.68. The van der Waals surface area contributed by atoms with E-state index in [1.807, 2.05) is 0 Å². The minimum atomic E-state index is -0.670. The van der Waals surface area contributed by atoms with E-state index in [4.69, 9.17) is 19.9 Å². The van der Waals surface area contributed by atoms with Crippen LogP contribution in [0.25, 0.3) is 0 Å². The third-order valence-corrected chi connectivity index (χ3v) is 4.17. The highest BCUT2D eigenvalue weighted by Crippen LogP contribution is 2.39. The van der Waals surface area contributed by atoms with Gasteiger partial charge in [-0.15, -0.1) is 0 Å². The van der Waals surface area contributed by atoms with E-state index in [2.05, 4.69) is 5.32 Å². The molecule has 0 aliphatic carbocycles. The molecule has 0 atom stereocenters. The number of dihydropyridines is 1. The van der Waals surface area contributed by atoms with E-state index >= 15 is 0 Å². The number of allylic oxidation sites excluding steroid dienone is 2. The Morgan fingerprint density at radius 2 is 1.44 bits per heavy atom. The molecule has 0 aromatic heterocycles. The largest absolute Gasteiger partial charge is 0.484 e. The number of nitrogens with one attached hydrogen (secondary N) is 1. The van der Waals surface area contributed by atoms with Crippen molar-refractivity contribution in [2.75, 3.05) is 20.8 Å². The number of hydrogen-bond acceptors (Lipinski definition) is 7. The Bertz CT molecular complexity index is 785. The molecule has 1 amide bonds. The van der Waals surface area contributed by atoms with Gasteiger partial charge in [0.05, 0.1) is 31.3 Å². The van der Waals surface area contributed by atoms with E-state index in [1.165, 1.54) is 14.2 Å². The maximum atomic E-state index is 12.4. The summed E-state index contributed by atoms with van der Waals surface area (Å²) >= 11 is 0. The van der Waals surface area contributed by atoms with Gasteiger partial charge in [-0.25, -0.2) is 9.59 Å². The fourth-order valence-corrected chi connectivity index (χ4v) is 3.00. The minimum Gasteiger partial charge on any atom is -0.484 e. The van der Waals surface area contributed by atoms with Crippen molar-refractivity contribution >= 4 is 17.8 Å². The average molecular weight is 374 g/mol. The van der Waals surface area contributed by atoms with Gasteiger partial charge in [0.25, 0.3) is 5.91 Å². The van der Waals surface area contributed by atoms with Crippen molar-refractivity contribution < 1.29 is 28.6 Å². The summed E-state index contributed by atoms with van der Waals surface area (Å²) in [4.78, 5) is 35.6. The number of carbonyl (C=O) groups excluding carboxylic acids is 3. The molecule has 1 aromatic rings. The second-order valence-corrected chi connectivity index (χ2v) is 5.94. The lowest BCUT2D eigenvalue weighted by molar-refractivity contribution is -0.137. The molecule has 8 heteroatoms. The van der Waals surface area contributed by atoms with Gasteiger partial charge in [0.1, 0.15) is 5.75 Å². The molecule has 27 heavy (non-hydrogen) atoms. The second-order valence-electron chi connectivity index (χ2n) is 5.94. The molecule has 2 rings (SSSR count). The number of nitrogens with two attached hydrogens (primary N) is 1. The van der Waals surface area contributed by atoms with Crippen LogP contribution in [0.3, 0.4) is 0 Å². The van der Waals surface area contributed by atoms with Gasteiger partial charge >= 0.3 is 11.9 Å². The third-order valence-electron chi connectivity index (χ3n) is 4.17. The number of hydrogen-bond donors (Lipinski definition) is 2. The zero-order valence-corrected chi connectivity index (χ0v) is 15.6. The van der Waals surface area contributed by atoms with Gasteiger partial charge < -0.3 is 25.3 Å². The lowest BCUT2D eigenvalue weighted by Gasteiger charge is -2.30. The zero-order valence-electron chi connectivity index (χ0n) is 15.6. The zero-order chi connectivity index (χ0) is 20.1. The minimum absolute atomic E-state index is 0.245. The number of esters is 2. The Kier molecular flexibility index (Phi) is 6.23. The van der Waals surface area contributed by atoms with Crippen molar-refractivity contribution in [2.45, 2.75) is 19.8 Å². The van der Waals surface area contributed by atoms with Crippen molar-refractivity contribution in [3.8, 4) is 5.75 Å². The molecule has 0 spiro atoms. The van der Waals surface area contributed by atoms with Crippen LogP contribution in [0.4, 0.5) is 0 Å². The van der Waals surface area contributed by atoms with Gasteiger partial charge in [-0.2, -0.15) is 0 Å². The fourth-order valence-electron chi connectivity index (χ4n) is 3.00. The molecule has 0 saturated heterocycles. The van der Waals surface area contributed by atoms with Crippen LogP contribution in [0.5, 0.6) is 5.75 Å². The molecule has 144 valence electrons. The van der Waals surface area contributed by atoms with E-state index in [1.54, 1.807) is 38.1 Å². The SMILES string of the molecule is COC(=O)C1=C(C)NC(C)=C(C(=O)OC)C1c1ccc(OCC(N)=O)cc1. The molecule has 3 N–H and O–H groups in total. The van der Waals surface area contributed by atoms with Gasteiger partial charge in [0.2, 0.25) is 0 Å². The van der Waals surface area contributed by atoms with Crippen molar-refractivity contribution in [1.29, 1.82) is 0 Å². The summed E-state index contributed by atoms with van der Waals surface area (Å²) in [7, 11) is 2.56. The summed E-state index contributed by atoms with van der Waals surface area (Å²) < 4.78 is 15.1. The first kappa shape index (κ1) is 20.0. The third kappa shape index (κ3) is 4.28.